The summed E-state index contributed by atoms with van der Waals surface area (Å²) >= 11 is 2.22. The quantitative estimate of drug-likeness (QED) is 0.442. The zero-order valence-electron chi connectivity index (χ0n) is 13.8. The summed E-state index contributed by atoms with van der Waals surface area (Å²) in [5.74, 6) is 0. The minimum Gasteiger partial charge on any atom is -0.376 e. The zero-order chi connectivity index (χ0) is 17.3. The first-order valence-electron chi connectivity index (χ1n) is 8.19. The topological polar surface area (TPSA) is 71.3 Å². The number of piperidine rings is 1. The Hall–Kier alpha value is -1.48. The van der Waals surface area contributed by atoms with Crippen LogP contribution in [0.5, 0.6) is 0 Å². The molecule has 1 aromatic heterocycles. The summed E-state index contributed by atoms with van der Waals surface area (Å²) in [6.07, 6.45) is 3.34. The lowest BCUT2D eigenvalue weighted by molar-refractivity contribution is -0.384. The second-order valence-corrected chi connectivity index (χ2v) is 7.73. The summed E-state index contributed by atoms with van der Waals surface area (Å²) in [5.41, 5.74) is 1.44. The lowest BCUT2D eigenvalue weighted by Crippen LogP contribution is -2.42. The maximum absolute atomic E-state index is 11.4. The van der Waals surface area contributed by atoms with Crippen LogP contribution in [0.1, 0.15) is 26.7 Å². The molecule has 2 heterocycles. The Morgan fingerprint density at radius 1 is 1.38 bits per heavy atom. The second kappa shape index (κ2) is 7.18. The molecule has 1 fully saturated rings. The molecular weight excluding hydrogens is 419 g/mol. The number of anilines is 1. The highest BCUT2D eigenvalue weighted by Crippen LogP contribution is 2.34. The van der Waals surface area contributed by atoms with Crippen LogP contribution in [-0.2, 0) is 0 Å². The highest BCUT2D eigenvalue weighted by molar-refractivity contribution is 14.1. The lowest BCUT2D eigenvalue weighted by atomic mass is 10.0. The maximum atomic E-state index is 11.4. The van der Waals surface area contributed by atoms with E-state index in [4.69, 9.17) is 0 Å². The molecular formula is C17H21IN4O2. The van der Waals surface area contributed by atoms with Crippen molar-refractivity contribution in [3.05, 3.63) is 38.1 Å². The summed E-state index contributed by atoms with van der Waals surface area (Å²) in [4.78, 5) is 17.8. The molecule has 2 aromatic rings. The Morgan fingerprint density at radius 3 is 2.71 bits per heavy atom. The summed E-state index contributed by atoms with van der Waals surface area (Å²) < 4.78 is 1.04. The molecule has 1 saturated heterocycles. The summed E-state index contributed by atoms with van der Waals surface area (Å²) in [6, 6.07) is 6.63. The third-order valence-corrected chi connectivity index (χ3v) is 5.29. The number of fused-ring (bicyclic) bond motifs is 1. The number of rotatable bonds is 4. The summed E-state index contributed by atoms with van der Waals surface area (Å²) in [6.45, 7) is 6.45. The number of aromatic nitrogens is 1. The van der Waals surface area contributed by atoms with Gasteiger partial charge in [0, 0.05) is 34.1 Å². The number of hydrogen-bond donors (Lipinski definition) is 1. The number of likely N-dealkylation sites (tertiary alicyclic amines) is 1. The number of nitrogens with one attached hydrogen (secondary N) is 1. The van der Waals surface area contributed by atoms with Crippen LogP contribution in [-0.4, -0.2) is 40.0 Å². The first kappa shape index (κ1) is 17.3. The van der Waals surface area contributed by atoms with Gasteiger partial charge >= 0.3 is 5.69 Å². The predicted molar refractivity (Wildman–Crippen MR) is 104 cm³/mol. The van der Waals surface area contributed by atoms with E-state index in [2.05, 4.69) is 51.6 Å². The van der Waals surface area contributed by atoms with E-state index in [-0.39, 0.29) is 16.7 Å². The molecule has 7 heteroatoms. The smallest absolute Gasteiger partial charge is 0.311 e. The molecule has 0 aliphatic carbocycles. The first-order chi connectivity index (χ1) is 11.5. The van der Waals surface area contributed by atoms with Gasteiger partial charge in [-0.15, -0.1) is 0 Å². The van der Waals surface area contributed by atoms with Gasteiger partial charge in [0.2, 0.25) is 0 Å². The molecule has 0 spiro atoms. The number of nitro groups is 1. The van der Waals surface area contributed by atoms with Crippen molar-refractivity contribution in [2.45, 2.75) is 38.8 Å². The van der Waals surface area contributed by atoms with E-state index >= 15 is 0 Å². The fourth-order valence-corrected chi connectivity index (χ4v) is 3.70. The molecule has 0 radical (unpaired) electrons. The number of benzene rings is 1. The Morgan fingerprint density at radius 2 is 2.08 bits per heavy atom. The van der Waals surface area contributed by atoms with E-state index in [1.165, 1.54) is 6.20 Å². The van der Waals surface area contributed by atoms with Crippen LogP contribution in [0.3, 0.4) is 0 Å². The zero-order valence-corrected chi connectivity index (χ0v) is 16.0. The minimum absolute atomic E-state index is 0.0517. The Labute approximate surface area is 154 Å². The van der Waals surface area contributed by atoms with Crippen molar-refractivity contribution in [3.63, 3.8) is 0 Å². The molecule has 0 bridgehead atoms. The number of halogens is 1. The largest absolute Gasteiger partial charge is 0.376 e. The predicted octanol–water partition coefficient (Wildman–Crippen LogP) is 4.03. The lowest BCUT2D eigenvalue weighted by Gasteiger charge is -2.35. The van der Waals surface area contributed by atoms with Crippen LogP contribution in [0.4, 0.5) is 11.4 Å². The highest BCUT2D eigenvalue weighted by Gasteiger charge is 2.25. The van der Waals surface area contributed by atoms with Gasteiger partial charge in [-0.1, -0.05) is 0 Å². The molecule has 6 nitrogen and oxygen atoms in total. The Bertz CT molecular complexity index is 758. The minimum atomic E-state index is -0.349. The molecule has 1 N–H and O–H groups in total. The molecule has 0 unspecified atom stereocenters. The molecule has 1 aliphatic heterocycles. The number of hydrogen-bond acceptors (Lipinski definition) is 5. The molecule has 0 atom stereocenters. The van der Waals surface area contributed by atoms with E-state index in [0.29, 0.717) is 11.7 Å². The van der Waals surface area contributed by atoms with Crippen LogP contribution in [0.2, 0.25) is 0 Å². The van der Waals surface area contributed by atoms with Crippen molar-refractivity contribution in [1.29, 1.82) is 0 Å². The van der Waals surface area contributed by atoms with E-state index in [1.54, 1.807) is 0 Å². The maximum Gasteiger partial charge on any atom is 0.311 e. The van der Waals surface area contributed by atoms with E-state index in [9.17, 15) is 10.1 Å². The van der Waals surface area contributed by atoms with E-state index < -0.39 is 0 Å². The normalized spacial score (nSPS) is 16.7. The van der Waals surface area contributed by atoms with Gasteiger partial charge in [0.25, 0.3) is 0 Å². The monoisotopic (exact) mass is 440 g/mol. The summed E-state index contributed by atoms with van der Waals surface area (Å²) in [7, 11) is 0. The van der Waals surface area contributed by atoms with Crippen molar-refractivity contribution < 1.29 is 4.92 Å². The number of pyridine rings is 1. The van der Waals surface area contributed by atoms with Crippen molar-refractivity contribution in [3.8, 4) is 0 Å². The van der Waals surface area contributed by atoms with Crippen molar-refractivity contribution in [1.82, 2.24) is 9.88 Å². The fraction of sp³-hybridized carbons (Fsp3) is 0.471. The van der Waals surface area contributed by atoms with Crippen LogP contribution in [0, 0.1) is 13.7 Å². The Kier molecular flexibility index (Phi) is 5.19. The van der Waals surface area contributed by atoms with Crippen molar-refractivity contribution in [2.75, 3.05) is 18.4 Å². The van der Waals surface area contributed by atoms with Gasteiger partial charge in [-0.3, -0.25) is 10.1 Å². The average Bonchev–Trinajstić information content (AvgIpc) is 2.55. The molecule has 128 valence electrons. The summed E-state index contributed by atoms with van der Waals surface area (Å²) in [5, 5.41) is 15.7. The van der Waals surface area contributed by atoms with Crippen molar-refractivity contribution in [2.24, 2.45) is 0 Å². The standard InChI is InChI=1S/C17H21IN4O2/c1-11(2)21-7-5-13(6-8-21)20-17-14-9-12(18)3-4-15(14)19-10-16(17)22(23)24/h3-4,9-11,13H,5-8H2,1-2H3,(H,19,20). The van der Waals surface area contributed by atoms with Crippen LogP contribution in [0.15, 0.2) is 24.4 Å². The van der Waals surface area contributed by atoms with Gasteiger partial charge in [0.15, 0.2) is 0 Å². The molecule has 0 saturated carbocycles. The third-order valence-electron chi connectivity index (χ3n) is 4.62. The first-order valence-corrected chi connectivity index (χ1v) is 9.27. The molecule has 1 aliphatic rings. The van der Waals surface area contributed by atoms with Gasteiger partial charge < -0.3 is 10.2 Å². The van der Waals surface area contributed by atoms with Gasteiger partial charge in [-0.25, -0.2) is 4.98 Å². The average molecular weight is 440 g/mol. The van der Waals surface area contributed by atoms with Gasteiger partial charge in [0.1, 0.15) is 11.9 Å². The third kappa shape index (κ3) is 3.61. The van der Waals surface area contributed by atoms with E-state index in [1.807, 2.05) is 18.2 Å². The van der Waals surface area contributed by atoms with Crippen LogP contribution < -0.4 is 5.32 Å². The van der Waals surface area contributed by atoms with Gasteiger partial charge in [0.05, 0.1) is 10.4 Å². The van der Waals surface area contributed by atoms with E-state index in [0.717, 1.165) is 40.4 Å². The Balaban J connectivity index is 1.91. The van der Waals surface area contributed by atoms with Crippen LogP contribution in [0.25, 0.3) is 10.9 Å². The molecule has 0 amide bonds. The highest BCUT2D eigenvalue weighted by atomic mass is 127. The van der Waals surface area contributed by atoms with Crippen molar-refractivity contribution >= 4 is 44.9 Å². The van der Waals surface area contributed by atoms with Gasteiger partial charge in [-0.2, -0.15) is 0 Å². The molecule has 3 rings (SSSR count). The second-order valence-electron chi connectivity index (χ2n) is 6.49. The number of nitrogens with zero attached hydrogens (tertiary/aromatic N) is 3. The molecule has 1 aromatic carbocycles. The fourth-order valence-electron chi connectivity index (χ4n) is 3.21. The van der Waals surface area contributed by atoms with Crippen LogP contribution >= 0.6 is 22.6 Å². The SMILES string of the molecule is CC(C)N1CCC(Nc2c([N+](=O)[O-])cnc3ccc(I)cc23)CC1. The van der Waals surface area contributed by atoms with Gasteiger partial charge in [-0.05, 0) is 67.5 Å². The molecule has 24 heavy (non-hydrogen) atoms.